The van der Waals surface area contributed by atoms with Crippen LogP contribution < -0.4 is 14.8 Å². The normalized spacial score (nSPS) is 13.1. The highest BCUT2D eigenvalue weighted by Gasteiger charge is 2.23. The fourth-order valence-electron chi connectivity index (χ4n) is 3.90. The van der Waals surface area contributed by atoms with Gasteiger partial charge >= 0.3 is 0 Å². The minimum absolute atomic E-state index is 0.183. The van der Waals surface area contributed by atoms with Crippen molar-refractivity contribution in [1.82, 2.24) is 9.88 Å². The van der Waals surface area contributed by atoms with Gasteiger partial charge in [0.25, 0.3) is 0 Å². The summed E-state index contributed by atoms with van der Waals surface area (Å²) in [4.78, 5) is 0. The van der Waals surface area contributed by atoms with Gasteiger partial charge in [0.05, 0.1) is 19.3 Å². The first-order valence-electron chi connectivity index (χ1n) is 10.4. The van der Waals surface area contributed by atoms with Crippen LogP contribution in [0.25, 0.3) is 10.9 Å². The van der Waals surface area contributed by atoms with Gasteiger partial charge in [0, 0.05) is 23.6 Å². The fraction of sp³-hybridized carbons (Fsp3) is 0.231. The van der Waals surface area contributed by atoms with Crippen molar-refractivity contribution in [1.29, 1.82) is 0 Å². The molecule has 0 unspecified atom stereocenters. The minimum atomic E-state index is -0.561. The third-order valence-electron chi connectivity index (χ3n) is 5.47. The van der Waals surface area contributed by atoms with Crippen LogP contribution in [-0.4, -0.2) is 36.5 Å². The maximum absolute atomic E-state index is 10.9. The summed E-state index contributed by atoms with van der Waals surface area (Å²) < 4.78 is 13.3. The molecule has 1 aromatic heterocycles. The highest BCUT2D eigenvalue weighted by atomic mass is 16.5. The molecule has 1 heterocycles. The molecule has 0 saturated carbocycles. The number of aliphatic hydroxyl groups is 1. The molecule has 0 spiro atoms. The highest BCUT2D eigenvalue weighted by molar-refractivity contribution is 5.82. The molecule has 31 heavy (non-hydrogen) atoms. The third kappa shape index (κ3) is 4.74. The zero-order chi connectivity index (χ0) is 21.6. The van der Waals surface area contributed by atoms with Crippen molar-refractivity contribution in [3.63, 3.8) is 0 Å². The molecule has 5 heteroatoms. The predicted molar refractivity (Wildman–Crippen MR) is 124 cm³/mol. The molecule has 4 aromatic rings. The predicted octanol–water partition coefficient (Wildman–Crippen LogP) is 4.40. The Bertz CT molecular complexity index is 1110. The first kappa shape index (κ1) is 21.0. The Morgan fingerprint density at radius 3 is 2.39 bits per heavy atom. The molecule has 2 N–H and O–H groups in total. The van der Waals surface area contributed by atoms with E-state index < -0.39 is 6.10 Å². The van der Waals surface area contributed by atoms with E-state index in [1.807, 2.05) is 67.8 Å². The number of rotatable bonds is 9. The Morgan fingerprint density at radius 2 is 1.68 bits per heavy atom. The molecule has 3 aromatic carbocycles. The van der Waals surface area contributed by atoms with Crippen LogP contribution in [0.2, 0.25) is 0 Å². The highest BCUT2D eigenvalue weighted by Crippen LogP contribution is 2.30. The maximum atomic E-state index is 10.9. The van der Waals surface area contributed by atoms with Gasteiger partial charge in [-0.2, -0.15) is 0 Å². The fourth-order valence-corrected chi connectivity index (χ4v) is 3.90. The Labute approximate surface area is 182 Å². The van der Waals surface area contributed by atoms with Crippen LogP contribution in [0.1, 0.15) is 17.2 Å². The molecule has 0 amide bonds. The summed E-state index contributed by atoms with van der Waals surface area (Å²) in [7, 11) is 3.51. The summed E-state index contributed by atoms with van der Waals surface area (Å²) in [6, 6.07) is 25.9. The molecule has 2 atom stereocenters. The van der Waals surface area contributed by atoms with Crippen molar-refractivity contribution in [3.05, 3.63) is 96.2 Å². The number of hydrogen-bond acceptors (Lipinski definition) is 4. The van der Waals surface area contributed by atoms with Gasteiger partial charge < -0.3 is 24.5 Å². The van der Waals surface area contributed by atoms with Gasteiger partial charge in [0.15, 0.2) is 0 Å². The maximum Gasteiger partial charge on any atom is 0.120 e. The standard InChI is InChI=1S/C26H28N2O3/c1-27-17-25(29)26(20-6-4-3-5-7-20)28-15-14-21-16-23(12-13-24(21)28)31-18-19-8-10-22(30-2)11-9-19/h3-16,25-27,29H,17-18H2,1-2H3/t25-,26+/m1/s1. The smallest absolute Gasteiger partial charge is 0.120 e. The molecule has 0 radical (unpaired) electrons. The van der Waals surface area contributed by atoms with E-state index in [9.17, 15) is 5.11 Å². The van der Waals surface area contributed by atoms with Crippen molar-refractivity contribution < 1.29 is 14.6 Å². The molecular weight excluding hydrogens is 388 g/mol. The van der Waals surface area contributed by atoms with Crippen LogP contribution in [0.5, 0.6) is 11.5 Å². The molecule has 0 aliphatic rings. The van der Waals surface area contributed by atoms with Crippen molar-refractivity contribution in [2.75, 3.05) is 20.7 Å². The van der Waals surface area contributed by atoms with Crippen LogP contribution in [0.3, 0.4) is 0 Å². The lowest BCUT2D eigenvalue weighted by Gasteiger charge is -2.26. The van der Waals surface area contributed by atoms with Crippen molar-refractivity contribution >= 4 is 10.9 Å². The van der Waals surface area contributed by atoms with Crippen LogP contribution in [0.4, 0.5) is 0 Å². The molecular formula is C26H28N2O3. The summed E-state index contributed by atoms with van der Waals surface area (Å²) in [5.41, 5.74) is 3.21. The van der Waals surface area contributed by atoms with Gasteiger partial charge in [0.1, 0.15) is 18.1 Å². The zero-order valence-electron chi connectivity index (χ0n) is 17.9. The number of benzene rings is 3. The average Bonchev–Trinajstić information content (AvgIpc) is 3.22. The van der Waals surface area contributed by atoms with Gasteiger partial charge in [-0.25, -0.2) is 0 Å². The van der Waals surface area contributed by atoms with Crippen molar-refractivity contribution in [2.24, 2.45) is 0 Å². The molecule has 4 rings (SSSR count). The van der Waals surface area contributed by atoms with E-state index in [0.717, 1.165) is 33.5 Å². The van der Waals surface area contributed by atoms with Gasteiger partial charge in [0.2, 0.25) is 0 Å². The number of aliphatic hydroxyl groups excluding tert-OH is 1. The lowest BCUT2D eigenvalue weighted by atomic mass is 10.0. The third-order valence-corrected chi connectivity index (χ3v) is 5.47. The van der Waals surface area contributed by atoms with Crippen molar-refractivity contribution in [2.45, 2.75) is 18.8 Å². The number of likely N-dealkylation sites (N-methyl/N-ethyl adjacent to an activating group) is 1. The number of ether oxygens (including phenoxy) is 2. The van der Waals surface area contributed by atoms with E-state index in [2.05, 4.69) is 34.1 Å². The van der Waals surface area contributed by atoms with Gasteiger partial charge in [-0.1, -0.05) is 42.5 Å². The van der Waals surface area contributed by atoms with Crippen LogP contribution in [0, 0.1) is 0 Å². The molecule has 5 nitrogen and oxygen atoms in total. The number of nitrogens with zero attached hydrogens (tertiary/aromatic N) is 1. The van der Waals surface area contributed by atoms with E-state index >= 15 is 0 Å². The molecule has 0 fully saturated rings. The van der Waals surface area contributed by atoms with E-state index in [1.54, 1.807) is 7.11 Å². The summed E-state index contributed by atoms with van der Waals surface area (Å²) in [6.07, 6.45) is 1.48. The number of aromatic nitrogens is 1. The van der Waals surface area contributed by atoms with Crippen LogP contribution >= 0.6 is 0 Å². The van der Waals surface area contributed by atoms with Gasteiger partial charge in [-0.05, 0) is 54.6 Å². The minimum Gasteiger partial charge on any atom is -0.497 e. The second-order valence-corrected chi connectivity index (χ2v) is 7.56. The van der Waals surface area contributed by atoms with Crippen LogP contribution in [-0.2, 0) is 6.61 Å². The largest absolute Gasteiger partial charge is 0.497 e. The van der Waals surface area contributed by atoms with E-state index in [0.29, 0.717) is 13.2 Å². The lowest BCUT2D eigenvalue weighted by Crippen LogP contribution is -2.33. The van der Waals surface area contributed by atoms with Crippen LogP contribution in [0.15, 0.2) is 85.1 Å². The number of hydrogen-bond donors (Lipinski definition) is 2. The van der Waals surface area contributed by atoms with Crippen molar-refractivity contribution in [3.8, 4) is 11.5 Å². The zero-order valence-corrected chi connectivity index (χ0v) is 17.9. The Hall–Kier alpha value is -3.28. The monoisotopic (exact) mass is 416 g/mol. The SMILES string of the molecule is CNC[C@@H](O)[C@H](c1ccccc1)n1ccc2cc(OCc3ccc(OC)cc3)ccc21. The first-order valence-corrected chi connectivity index (χ1v) is 10.4. The quantitative estimate of drug-likeness (QED) is 0.425. The second kappa shape index (κ2) is 9.69. The van der Waals surface area contributed by atoms with Gasteiger partial charge in [-0.15, -0.1) is 0 Å². The van der Waals surface area contributed by atoms with E-state index in [4.69, 9.17) is 9.47 Å². The second-order valence-electron chi connectivity index (χ2n) is 7.56. The lowest BCUT2D eigenvalue weighted by molar-refractivity contribution is 0.132. The Morgan fingerprint density at radius 1 is 0.935 bits per heavy atom. The first-order chi connectivity index (χ1) is 15.2. The molecule has 0 saturated heterocycles. The molecule has 160 valence electrons. The average molecular weight is 417 g/mol. The Kier molecular flexibility index (Phi) is 6.55. The number of methoxy groups -OCH3 is 1. The van der Waals surface area contributed by atoms with Gasteiger partial charge in [-0.3, -0.25) is 0 Å². The van der Waals surface area contributed by atoms with E-state index in [-0.39, 0.29) is 6.04 Å². The Balaban J connectivity index is 1.58. The molecule has 0 aliphatic heterocycles. The summed E-state index contributed by atoms with van der Waals surface area (Å²) in [5, 5.41) is 15.0. The summed E-state index contributed by atoms with van der Waals surface area (Å²) >= 11 is 0. The topological polar surface area (TPSA) is 55.7 Å². The molecule has 0 bridgehead atoms. The van der Waals surface area contributed by atoms with E-state index in [1.165, 1.54) is 0 Å². The number of fused-ring (bicyclic) bond motifs is 1. The molecule has 0 aliphatic carbocycles. The summed E-state index contributed by atoms with van der Waals surface area (Å²) in [5.74, 6) is 1.65. The number of nitrogens with one attached hydrogen (secondary N) is 1. The summed E-state index contributed by atoms with van der Waals surface area (Å²) in [6.45, 7) is 0.992.